The van der Waals surface area contributed by atoms with E-state index in [1.165, 1.54) is 7.05 Å². The van der Waals surface area contributed by atoms with Gasteiger partial charge in [0.25, 0.3) is 5.91 Å². The van der Waals surface area contributed by atoms with Crippen LogP contribution in [0.4, 0.5) is 0 Å². The quantitative estimate of drug-likeness (QED) is 0.684. The minimum atomic E-state index is -0.677. The Balaban J connectivity index is 1.84. The molecule has 2 aliphatic rings. The van der Waals surface area contributed by atoms with Gasteiger partial charge in [0.05, 0.1) is 6.42 Å². The van der Waals surface area contributed by atoms with Gasteiger partial charge in [-0.1, -0.05) is 6.92 Å². The Bertz CT molecular complexity index is 397. The minimum Gasteiger partial charge on any atom is -0.344 e. The maximum atomic E-state index is 11.9. The van der Waals surface area contributed by atoms with Crippen molar-refractivity contribution in [2.45, 2.75) is 44.7 Å². The summed E-state index contributed by atoms with van der Waals surface area (Å²) in [5.74, 6) is -0.252. The van der Waals surface area contributed by atoms with Crippen LogP contribution in [0.25, 0.3) is 0 Å². The maximum Gasteiger partial charge on any atom is 0.252 e. The highest BCUT2D eigenvalue weighted by atomic mass is 16.2. The molecular formula is C13H21N3O3. The van der Waals surface area contributed by atoms with Gasteiger partial charge in [-0.2, -0.15) is 0 Å². The number of rotatable bonds is 3. The summed E-state index contributed by atoms with van der Waals surface area (Å²) >= 11 is 0. The van der Waals surface area contributed by atoms with Gasteiger partial charge < -0.3 is 10.6 Å². The van der Waals surface area contributed by atoms with Gasteiger partial charge in [-0.25, -0.2) is 0 Å². The maximum absolute atomic E-state index is 11.9. The fourth-order valence-electron chi connectivity index (χ4n) is 2.71. The molecule has 0 aliphatic carbocycles. The van der Waals surface area contributed by atoms with Crippen LogP contribution < -0.4 is 10.6 Å². The summed E-state index contributed by atoms with van der Waals surface area (Å²) < 4.78 is 0. The lowest BCUT2D eigenvalue weighted by molar-refractivity contribution is -0.138. The van der Waals surface area contributed by atoms with E-state index in [0.717, 1.165) is 24.3 Å². The molecule has 106 valence electrons. The topological polar surface area (TPSA) is 78.5 Å². The van der Waals surface area contributed by atoms with Crippen LogP contribution in [0.3, 0.4) is 0 Å². The number of likely N-dealkylation sites (N-methyl/N-ethyl adjacent to an activating group) is 1. The van der Waals surface area contributed by atoms with Crippen molar-refractivity contribution >= 4 is 17.7 Å². The van der Waals surface area contributed by atoms with Crippen molar-refractivity contribution in [1.82, 2.24) is 15.5 Å². The SMILES string of the molecule is CC1CCCNC1CC(=O)NC1CC(=O)N(C)C1=O. The average molecular weight is 267 g/mol. The summed E-state index contributed by atoms with van der Waals surface area (Å²) in [6.07, 6.45) is 2.70. The smallest absolute Gasteiger partial charge is 0.252 e. The summed E-state index contributed by atoms with van der Waals surface area (Å²) in [7, 11) is 1.45. The van der Waals surface area contributed by atoms with Crippen LogP contribution in [-0.2, 0) is 14.4 Å². The molecule has 19 heavy (non-hydrogen) atoms. The van der Waals surface area contributed by atoms with Gasteiger partial charge in [0, 0.05) is 19.5 Å². The molecule has 0 aromatic heterocycles. The molecule has 0 aromatic rings. The summed E-state index contributed by atoms with van der Waals surface area (Å²) in [6.45, 7) is 3.06. The van der Waals surface area contributed by atoms with Crippen LogP contribution in [0.15, 0.2) is 0 Å². The number of piperidine rings is 1. The Morgan fingerprint density at radius 3 is 2.79 bits per heavy atom. The molecule has 6 nitrogen and oxygen atoms in total. The Morgan fingerprint density at radius 2 is 2.21 bits per heavy atom. The van der Waals surface area contributed by atoms with Crippen molar-refractivity contribution in [3.63, 3.8) is 0 Å². The highest BCUT2D eigenvalue weighted by molar-refractivity contribution is 6.06. The standard InChI is InChI=1S/C13H21N3O3/c1-8-4-3-5-14-9(8)6-11(17)15-10-7-12(18)16(2)13(10)19/h8-10,14H,3-7H2,1-2H3,(H,15,17). The van der Waals surface area contributed by atoms with E-state index in [1.54, 1.807) is 0 Å². The zero-order valence-electron chi connectivity index (χ0n) is 11.4. The molecule has 0 aromatic carbocycles. The fraction of sp³-hybridized carbons (Fsp3) is 0.769. The van der Waals surface area contributed by atoms with Crippen molar-refractivity contribution in [3.05, 3.63) is 0 Å². The van der Waals surface area contributed by atoms with Gasteiger partial charge >= 0.3 is 0 Å². The molecule has 2 saturated heterocycles. The third-order valence-electron chi connectivity index (χ3n) is 4.05. The Morgan fingerprint density at radius 1 is 1.47 bits per heavy atom. The molecule has 0 bridgehead atoms. The zero-order chi connectivity index (χ0) is 14.0. The number of likely N-dealkylation sites (tertiary alicyclic amines) is 1. The van der Waals surface area contributed by atoms with Crippen molar-refractivity contribution in [3.8, 4) is 0 Å². The summed E-state index contributed by atoms with van der Waals surface area (Å²) in [5.41, 5.74) is 0. The number of imide groups is 1. The van der Waals surface area contributed by atoms with Crippen molar-refractivity contribution in [2.24, 2.45) is 5.92 Å². The van der Waals surface area contributed by atoms with Crippen molar-refractivity contribution < 1.29 is 14.4 Å². The molecule has 2 N–H and O–H groups in total. The number of amides is 3. The third kappa shape index (κ3) is 3.12. The summed E-state index contributed by atoms with van der Waals surface area (Å²) in [5, 5.41) is 6.00. The molecule has 6 heteroatoms. The Hall–Kier alpha value is -1.43. The molecular weight excluding hydrogens is 246 g/mol. The van der Waals surface area contributed by atoms with Gasteiger partial charge in [0.2, 0.25) is 11.8 Å². The van der Waals surface area contributed by atoms with E-state index in [-0.39, 0.29) is 30.2 Å². The van der Waals surface area contributed by atoms with Gasteiger partial charge in [0.1, 0.15) is 6.04 Å². The Labute approximate surface area is 112 Å². The number of nitrogens with zero attached hydrogens (tertiary/aromatic N) is 1. The first kappa shape index (κ1) is 14.0. The molecule has 2 heterocycles. The number of hydrogen-bond donors (Lipinski definition) is 2. The average Bonchev–Trinajstić information content (AvgIpc) is 2.60. The van der Waals surface area contributed by atoms with Crippen molar-refractivity contribution in [1.29, 1.82) is 0 Å². The van der Waals surface area contributed by atoms with Gasteiger partial charge in [-0.15, -0.1) is 0 Å². The third-order valence-corrected chi connectivity index (χ3v) is 4.05. The lowest BCUT2D eigenvalue weighted by Crippen LogP contribution is -2.46. The van der Waals surface area contributed by atoms with Crippen LogP contribution >= 0.6 is 0 Å². The van der Waals surface area contributed by atoms with Crippen LogP contribution in [0, 0.1) is 5.92 Å². The van der Waals surface area contributed by atoms with E-state index in [4.69, 9.17) is 0 Å². The first-order valence-electron chi connectivity index (χ1n) is 6.82. The number of nitrogens with one attached hydrogen (secondary N) is 2. The summed E-state index contributed by atoms with van der Waals surface area (Å²) in [6, 6.07) is -0.511. The van der Waals surface area contributed by atoms with E-state index >= 15 is 0 Å². The van der Waals surface area contributed by atoms with Gasteiger partial charge in [-0.3, -0.25) is 19.3 Å². The molecule has 2 aliphatic heterocycles. The van der Waals surface area contributed by atoms with E-state index in [9.17, 15) is 14.4 Å². The zero-order valence-corrected chi connectivity index (χ0v) is 11.4. The predicted molar refractivity (Wildman–Crippen MR) is 69.1 cm³/mol. The lowest BCUT2D eigenvalue weighted by Gasteiger charge is -2.29. The van der Waals surface area contributed by atoms with E-state index in [0.29, 0.717) is 12.3 Å². The van der Waals surface area contributed by atoms with Gasteiger partial charge in [0.15, 0.2) is 0 Å². The van der Waals surface area contributed by atoms with Crippen LogP contribution in [0.2, 0.25) is 0 Å². The molecule has 3 atom stereocenters. The van der Waals surface area contributed by atoms with Crippen LogP contribution in [-0.4, -0.2) is 48.3 Å². The minimum absolute atomic E-state index is 0.0781. The molecule has 0 radical (unpaired) electrons. The molecule has 0 spiro atoms. The number of carbonyl (C=O) groups excluding carboxylic acids is 3. The molecule has 3 amide bonds. The van der Waals surface area contributed by atoms with E-state index in [2.05, 4.69) is 17.6 Å². The van der Waals surface area contributed by atoms with Crippen molar-refractivity contribution in [2.75, 3.05) is 13.6 Å². The molecule has 3 unspecified atom stereocenters. The number of hydrogen-bond acceptors (Lipinski definition) is 4. The van der Waals surface area contributed by atoms with E-state index < -0.39 is 6.04 Å². The molecule has 2 fully saturated rings. The number of carbonyl (C=O) groups is 3. The molecule has 2 rings (SSSR count). The van der Waals surface area contributed by atoms with Crippen LogP contribution in [0.5, 0.6) is 0 Å². The largest absolute Gasteiger partial charge is 0.344 e. The predicted octanol–water partition coefficient (Wildman–Crippen LogP) is -0.362. The second kappa shape index (κ2) is 5.69. The van der Waals surface area contributed by atoms with E-state index in [1.807, 2.05) is 0 Å². The molecule has 0 saturated carbocycles. The second-order valence-electron chi connectivity index (χ2n) is 5.50. The fourth-order valence-corrected chi connectivity index (χ4v) is 2.71. The lowest BCUT2D eigenvalue weighted by atomic mass is 9.90. The first-order chi connectivity index (χ1) is 8.99. The first-order valence-corrected chi connectivity index (χ1v) is 6.82. The highest BCUT2D eigenvalue weighted by Gasteiger charge is 2.37. The normalized spacial score (nSPS) is 31.7. The van der Waals surface area contributed by atoms with Gasteiger partial charge in [-0.05, 0) is 25.3 Å². The summed E-state index contributed by atoms with van der Waals surface area (Å²) in [4.78, 5) is 36.1. The van der Waals surface area contributed by atoms with Crippen LogP contribution in [0.1, 0.15) is 32.6 Å². The highest BCUT2D eigenvalue weighted by Crippen LogP contribution is 2.18. The monoisotopic (exact) mass is 267 g/mol. The Kier molecular flexibility index (Phi) is 4.19. The second-order valence-corrected chi connectivity index (χ2v) is 5.50.